The molecule has 21 heavy (non-hydrogen) atoms. The summed E-state index contributed by atoms with van der Waals surface area (Å²) in [5, 5.41) is 3.35. The molecule has 0 aromatic carbocycles. The second kappa shape index (κ2) is 8.71. The second-order valence-corrected chi connectivity index (χ2v) is 6.56. The molecule has 1 fully saturated rings. The van der Waals surface area contributed by atoms with Gasteiger partial charge in [0, 0.05) is 25.7 Å². The molecule has 1 aliphatic rings. The van der Waals surface area contributed by atoms with Gasteiger partial charge in [-0.3, -0.25) is 10.1 Å². The van der Waals surface area contributed by atoms with Crippen molar-refractivity contribution < 1.29 is 14.3 Å². The zero-order valence-electron chi connectivity index (χ0n) is 14.3. The third-order valence-corrected chi connectivity index (χ3v) is 3.93. The van der Waals surface area contributed by atoms with E-state index in [0.29, 0.717) is 6.10 Å². The van der Waals surface area contributed by atoms with E-state index < -0.39 is 5.54 Å². The van der Waals surface area contributed by atoms with Crippen LogP contribution >= 0.6 is 0 Å². The maximum absolute atomic E-state index is 12.0. The smallest absolute Gasteiger partial charge is 0.325 e. The van der Waals surface area contributed by atoms with E-state index in [-0.39, 0.29) is 12.0 Å². The summed E-state index contributed by atoms with van der Waals surface area (Å²) < 4.78 is 10.6. The highest BCUT2D eigenvalue weighted by atomic mass is 16.5. The SMILES string of the molecule is COC(=O)C(C)(CCCN1CCCOC(C)C1)NC(C)C. The van der Waals surface area contributed by atoms with E-state index in [2.05, 4.69) is 31.0 Å². The Hall–Kier alpha value is -0.650. The van der Waals surface area contributed by atoms with Gasteiger partial charge in [-0.05, 0) is 53.5 Å². The van der Waals surface area contributed by atoms with Crippen molar-refractivity contribution in [1.29, 1.82) is 0 Å². The van der Waals surface area contributed by atoms with E-state index in [1.165, 1.54) is 7.11 Å². The second-order valence-electron chi connectivity index (χ2n) is 6.56. The molecule has 2 unspecified atom stereocenters. The summed E-state index contributed by atoms with van der Waals surface area (Å²) in [5.41, 5.74) is -0.600. The predicted octanol–water partition coefficient (Wildman–Crippen LogP) is 1.81. The van der Waals surface area contributed by atoms with Gasteiger partial charge in [0.15, 0.2) is 0 Å². The number of carbonyl (C=O) groups is 1. The highest BCUT2D eigenvalue weighted by Gasteiger charge is 2.34. The first-order valence-corrected chi connectivity index (χ1v) is 8.07. The molecule has 0 aliphatic carbocycles. The lowest BCUT2D eigenvalue weighted by molar-refractivity contribution is -0.148. The molecular formula is C16H32N2O3. The number of hydrogen-bond donors (Lipinski definition) is 1. The van der Waals surface area contributed by atoms with Gasteiger partial charge in [-0.2, -0.15) is 0 Å². The summed E-state index contributed by atoms with van der Waals surface area (Å²) in [5.74, 6) is -0.177. The van der Waals surface area contributed by atoms with E-state index in [0.717, 1.165) is 45.5 Å². The van der Waals surface area contributed by atoms with Crippen LogP contribution < -0.4 is 5.32 Å². The third-order valence-electron chi connectivity index (χ3n) is 3.93. The lowest BCUT2D eigenvalue weighted by Gasteiger charge is -2.31. The van der Waals surface area contributed by atoms with Gasteiger partial charge >= 0.3 is 5.97 Å². The fourth-order valence-electron chi connectivity index (χ4n) is 3.04. The zero-order valence-corrected chi connectivity index (χ0v) is 14.3. The first-order valence-electron chi connectivity index (χ1n) is 8.07. The molecule has 124 valence electrons. The quantitative estimate of drug-likeness (QED) is 0.727. The fraction of sp³-hybridized carbons (Fsp3) is 0.938. The van der Waals surface area contributed by atoms with Gasteiger partial charge in [-0.25, -0.2) is 0 Å². The van der Waals surface area contributed by atoms with Gasteiger partial charge < -0.3 is 14.4 Å². The maximum atomic E-state index is 12.0. The Morgan fingerprint density at radius 2 is 2.24 bits per heavy atom. The lowest BCUT2D eigenvalue weighted by Crippen LogP contribution is -2.53. The summed E-state index contributed by atoms with van der Waals surface area (Å²) in [4.78, 5) is 14.5. The Morgan fingerprint density at radius 3 is 2.86 bits per heavy atom. The molecule has 0 aromatic heterocycles. The Morgan fingerprint density at radius 1 is 1.52 bits per heavy atom. The molecule has 2 atom stereocenters. The van der Waals surface area contributed by atoms with Crippen LogP contribution in [0.15, 0.2) is 0 Å². The number of ether oxygens (including phenoxy) is 2. The summed E-state index contributed by atoms with van der Waals surface area (Å²) in [7, 11) is 1.45. The predicted molar refractivity (Wildman–Crippen MR) is 84.4 cm³/mol. The van der Waals surface area contributed by atoms with Gasteiger partial charge in [0.25, 0.3) is 0 Å². The number of rotatable bonds is 7. The van der Waals surface area contributed by atoms with Crippen LogP contribution in [0.5, 0.6) is 0 Å². The van der Waals surface area contributed by atoms with Crippen molar-refractivity contribution in [2.24, 2.45) is 0 Å². The van der Waals surface area contributed by atoms with Gasteiger partial charge in [0.05, 0.1) is 13.2 Å². The van der Waals surface area contributed by atoms with Crippen molar-refractivity contribution in [2.75, 3.05) is 33.4 Å². The van der Waals surface area contributed by atoms with Crippen LogP contribution in [0.3, 0.4) is 0 Å². The Kier molecular flexibility index (Phi) is 7.63. The summed E-state index contributed by atoms with van der Waals surface area (Å²) in [6.07, 6.45) is 3.14. The lowest BCUT2D eigenvalue weighted by atomic mass is 9.94. The molecule has 1 saturated heterocycles. The molecule has 1 N–H and O–H groups in total. The molecule has 5 nitrogen and oxygen atoms in total. The standard InChI is InChI=1S/C16H32N2O3/c1-13(2)17-16(4,15(19)20-5)8-6-9-18-10-7-11-21-14(3)12-18/h13-14,17H,6-12H2,1-5H3. The van der Waals surface area contributed by atoms with Crippen molar-refractivity contribution in [3.05, 3.63) is 0 Å². The van der Waals surface area contributed by atoms with E-state index >= 15 is 0 Å². The summed E-state index contributed by atoms with van der Waals surface area (Å²) in [6.45, 7) is 12.1. The average molecular weight is 300 g/mol. The van der Waals surface area contributed by atoms with Crippen LogP contribution in [0.25, 0.3) is 0 Å². The first-order chi connectivity index (χ1) is 9.87. The normalized spacial score (nSPS) is 23.6. The summed E-state index contributed by atoms with van der Waals surface area (Å²) in [6, 6.07) is 0.251. The van der Waals surface area contributed by atoms with Gasteiger partial charge in [-0.15, -0.1) is 0 Å². The van der Waals surface area contributed by atoms with Crippen molar-refractivity contribution in [3.63, 3.8) is 0 Å². The third kappa shape index (κ3) is 6.32. The Bertz CT molecular complexity index is 323. The van der Waals surface area contributed by atoms with Crippen LogP contribution in [0.4, 0.5) is 0 Å². The largest absolute Gasteiger partial charge is 0.468 e. The molecule has 5 heteroatoms. The van der Waals surface area contributed by atoms with Crippen molar-refractivity contribution >= 4 is 5.97 Å². The van der Waals surface area contributed by atoms with Crippen molar-refractivity contribution in [2.45, 2.75) is 64.6 Å². The molecular weight excluding hydrogens is 268 g/mol. The Labute approximate surface area is 129 Å². The highest BCUT2D eigenvalue weighted by Crippen LogP contribution is 2.17. The van der Waals surface area contributed by atoms with E-state index in [1.54, 1.807) is 0 Å². The number of hydrogen-bond acceptors (Lipinski definition) is 5. The highest BCUT2D eigenvalue weighted by molar-refractivity contribution is 5.80. The fourth-order valence-corrected chi connectivity index (χ4v) is 3.04. The molecule has 0 bridgehead atoms. The molecule has 0 aromatic rings. The maximum Gasteiger partial charge on any atom is 0.325 e. The number of nitrogens with zero attached hydrogens (tertiary/aromatic N) is 1. The van der Waals surface area contributed by atoms with Crippen molar-refractivity contribution in [3.8, 4) is 0 Å². The minimum absolute atomic E-state index is 0.177. The topological polar surface area (TPSA) is 50.8 Å². The van der Waals surface area contributed by atoms with Gasteiger partial charge in [0.1, 0.15) is 5.54 Å². The molecule has 1 aliphatic heterocycles. The zero-order chi connectivity index (χ0) is 15.9. The van der Waals surface area contributed by atoms with Crippen LogP contribution in [-0.2, 0) is 14.3 Å². The number of nitrogens with one attached hydrogen (secondary N) is 1. The van der Waals surface area contributed by atoms with E-state index in [9.17, 15) is 4.79 Å². The molecule has 0 amide bonds. The van der Waals surface area contributed by atoms with Gasteiger partial charge in [0.2, 0.25) is 0 Å². The van der Waals surface area contributed by atoms with Gasteiger partial charge in [-0.1, -0.05) is 0 Å². The molecule has 1 rings (SSSR count). The van der Waals surface area contributed by atoms with Crippen LogP contribution in [0.2, 0.25) is 0 Å². The van der Waals surface area contributed by atoms with E-state index in [1.807, 2.05) is 6.92 Å². The molecule has 0 spiro atoms. The number of methoxy groups -OCH3 is 1. The Balaban J connectivity index is 2.47. The summed E-state index contributed by atoms with van der Waals surface area (Å²) >= 11 is 0. The van der Waals surface area contributed by atoms with Crippen molar-refractivity contribution in [1.82, 2.24) is 10.2 Å². The minimum atomic E-state index is -0.600. The first kappa shape index (κ1) is 18.4. The molecule has 0 saturated carbocycles. The number of esters is 1. The minimum Gasteiger partial charge on any atom is -0.468 e. The van der Waals surface area contributed by atoms with Crippen LogP contribution in [-0.4, -0.2) is 61.9 Å². The van der Waals surface area contributed by atoms with Crippen LogP contribution in [0, 0.1) is 0 Å². The monoisotopic (exact) mass is 300 g/mol. The number of carbonyl (C=O) groups excluding carboxylic acids is 1. The van der Waals surface area contributed by atoms with E-state index in [4.69, 9.17) is 9.47 Å². The average Bonchev–Trinajstić information content (AvgIpc) is 2.61. The molecule has 0 radical (unpaired) electrons. The molecule has 1 heterocycles. The van der Waals surface area contributed by atoms with Crippen LogP contribution in [0.1, 0.15) is 47.0 Å².